The molecule has 6 nitrogen and oxygen atoms in total. The summed E-state index contributed by atoms with van der Waals surface area (Å²) in [4.78, 5) is 27.3. The zero-order valence-corrected chi connectivity index (χ0v) is 17.8. The summed E-state index contributed by atoms with van der Waals surface area (Å²) in [5.74, 6) is -1.83. The number of aromatic nitrogens is 2. The van der Waals surface area contributed by atoms with E-state index in [0.29, 0.717) is 24.8 Å². The second kappa shape index (κ2) is 8.23. The number of rotatable bonds is 4. The van der Waals surface area contributed by atoms with Crippen LogP contribution in [0.5, 0.6) is 0 Å². The van der Waals surface area contributed by atoms with Crippen molar-refractivity contribution < 1.29 is 31.5 Å². The molecule has 0 aliphatic carbocycles. The molecule has 1 amide bonds. The van der Waals surface area contributed by atoms with Gasteiger partial charge in [0, 0.05) is 24.5 Å². The minimum absolute atomic E-state index is 0.0266. The second-order valence-corrected chi connectivity index (χ2v) is 8.57. The average Bonchev–Trinajstić information content (AvgIpc) is 3.33. The number of benzene rings is 1. The Balaban J connectivity index is 1.62. The van der Waals surface area contributed by atoms with Gasteiger partial charge >= 0.3 is 6.18 Å². The summed E-state index contributed by atoms with van der Waals surface area (Å²) in [5, 5.41) is 0.117. The normalized spacial score (nSPS) is 19.1. The molecule has 11 heteroatoms. The second-order valence-electron chi connectivity index (χ2n) is 8.57. The maximum atomic E-state index is 13.9. The molecule has 2 saturated heterocycles. The molecule has 5 rings (SSSR count). The lowest BCUT2D eigenvalue weighted by molar-refractivity contribution is -0.140. The number of alkyl halides is 4. The van der Waals surface area contributed by atoms with Crippen molar-refractivity contribution in [3.63, 3.8) is 0 Å². The van der Waals surface area contributed by atoms with Gasteiger partial charge in [0.25, 0.3) is 5.56 Å². The lowest BCUT2D eigenvalue weighted by Crippen LogP contribution is -2.35. The number of ether oxygens (including phenoxy) is 1. The van der Waals surface area contributed by atoms with Crippen molar-refractivity contribution in [2.24, 2.45) is 0 Å². The highest BCUT2D eigenvalue weighted by molar-refractivity contribution is 5.96. The maximum Gasteiger partial charge on any atom is 0.419 e. The zero-order chi connectivity index (χ0) is 24.2. The van der Waals surface area contributed by atoms with Crippen LogP contribution in [0.3, 0.4) is 0 Å². The first kappa shape index (κ1) is 22.6. The lowest BCUT2D eigenvalue weighted by Gasteiger charge is -2.28. The molecule has 0 radical (unpaired) electrons. The lowest BCUT2D eigenvalue weighted by atomic mass is 10.0. The quantitative estimate of drug-likeness (QED) is 0.534. The number of hydrogen-bond donors (Lipinski definition) is 0. The fourth-order valence-corrected chi connectivity index (χ4v) is 4.44. The number of carbonyl (C=O) groups excluding carboxylic acids is 1. The Morgan fingerprint density at radius 1 is 1.18 bits per heavy atom. The topological polar surface area (TPSA) is 56.5 Å². The highest BCUT2D eigenvalue weighted by Gasteiger charge is 2.35. The van der Waals surface area contributed by atoms with Crippen molar-refractivity contribution in [1.29, 1.82) is 0 Å². The highest BCUT2D eigenvalue weighted by atomic mass is 19.4. The van der Waals surface area contributed by atoms with Crippen LogP contribution in [0.1, 0.15) is 18.0 Å². The fraction of sp³-hybridized carbons (Fsp3) is 0.391. The van der Waals surface area contributed by atoms with Crippen LogP contribution in [0.25, 0.3) is 22.0 Å². The molecule has 180 valence electrons. The van der Waals surface area contributed by atoms with E-state index in [4.69, 9.17) is 4.74 Å². The minimum Gasteiger partial charge on any atom is -0.377 e. The average molecular weight is 481 g/mol. The molecule has 0 N–H and O–H groups in total. The van der Waals surface area contributed by atoms with Crippen molar-refractivity contribution in [1.82, 2.24) is 14.0 Å². The van der Waals surface area contributed by atoms with Crippen LogP contribution in [0.15, 0.2) is 41.5 Å². The van der Waals surface area contributed by atoms with Crippen molar-refractivity contribution in [3.05, 3.63) is 58.4 Å². The van der Waals surface area contributed by atoms with E-state index in [1.54, 1.807) is 16.8 Å². The number of amides is 1. The van der Waals surface area contributed by atoms with Crippen LogP contribution in [-0.4, -0.2) is 52.4 Å². The molecule has 1 atom stereocenters. The molecule has 0 saturated carbocycles. The monoisotopic (exact) mass is 481 g/mol. The summed E-state index contributed by atoms with van der Waals surface area (Å²) in [6.45, 7) is 0.656. The number of halogens is 5. The first-order valence-electron chi connectivity index (χ1n) is 10.7. The predicted molar refractivity (Wildman–Crippen MR) is 113 cm³/mol. The molecule has 2 fully saturated rings. The molecule has 4 heterocycles. The van der Waals surface area contributed by atoms with Crippen molar-refractivity contribution in [2.75, 3.05) is 26.3 Å². The van der Waals surface area contributed by atoms with Crippen molar-refractivity contribution in [3.8, 4) is 11.1 Å². The van der Waals surface area contributed by atoms with Gasteiger partial charge in [0.2, 0.25) is 5.91 Å². The number of pyridine rings is 1. The Morgan fingerprint density at radius 2 is 1.94 bits per heavy atom. The Kier molecular flexibility index (Phi) is 5.46. The maximum absolute atomic E-state index is 13.9. The van der Waals surface area contributed by atoms with E-state index >= 15 is 0 Å². The van der Waals surface area contributed by atoms with E-state index in [0.717, 1.165) is 10.6 Å². The number of likely N-dealkylation sites (tertiary alicyclic amines) is 1. The molecular formula is C23H20F5N3O3. The van der Waals surface area contributed by atoms with Gasteiger partial charge in [-0.1, -0.05) is 6.07 Å². The molecule has 2 aliphatic rings. The fourth-order valence-electron chi connectivity index (χ4n) is 4.44. The molecule has 2 aromatic heterocycles. The summed E-state index contributed by atoms with van der Waals surface area (Å²) < 4.78 is 75.5. The van der Waals surface area contributed by atoms with E-state index in [1.807, 2.05) is 0 Å². The third kappa shape index (κ3) is 3.87. The number of fused-ring (bicyclic) bond motifs is 1. The number of nitrogens with zero attached hydrogens (tertiary/aromatic N) is 3. The Bertz CT molecular complexity index is 1330. The predicted octanol–water partition coefficient (Wildman–Crippen LogP) is 3.77. The van der Waals surface area contributed by atoms with E-state index in [9.17, 15) is 31.5 Å². The van der Waals surface area contributed by atoms with Crippen LogP contribution < -0.4 is 5.56 Å². The first-order chi connectivity index (χ1) is 16.1. The highest BCUT2D eigenvalue weighted by Crippen LogP contribution is 2.37. The molecule has 34 heavy (non-hydrogen) atoms. The standard InChI is InChI=1S/C23H20F5N3O3/c24-14-3-5-29(8-14)20(32)10-30-6-4-19-21(22(30)33)16(9-31(19)15-11-34-12-15)13-1-2-18(25)17(7-13)23(26,27)28/h1-2,4,6-7,9,14-15H,3,5,8,10-12H2. The van der Waals surface area contributed by atoms with Gasteiger partial charge in [-0.05, 0) is 30.2 Å². The van der Waals surface area contributed by atoms with Gasteiger partial charge < -0.3 is 18.8 Å². The van der Waals surface area contributed by atoms with Crippen molar-refractivity contribution >= 4 is 16.8 Å². The van der Waals surface area contributed by atoms with Crippen molar-refractivity contribution in [2.45, 2.75) is 31.4 Å². The van der Waals surface area contributed by atoms with Gasteiger partial charge in [0.05, 0.1) is 42.3 Å². The van der Waals surface area contributed by atoms with Crippen LogP contribution in [-0.2, 0) is 22.3 Å². The molecule has 2 aliphatic heterocycles. The summed E-state index contributed by atoms with van der Waals surface area (Å²) in [7, 11) is 0. The minimum atomic E-state index is -4.91. The summed E-state index contributed by atoms with van der Waals surface area (Å²) in [6, 6.07) is 4.09. The third-order valence-corrected chi connectivity index (χ3v) is 6.34. The van der Waals surface area contributed by atoms with Crippen LogP contribution >= 0.6 is 0 Å². The van der Waals surface area contributed by atoms with E-state index in [2.05, 4.69) is 0 Å². The van der Waals surface area contributed by atoms with Crippen LogP contribution in [0.2, 0.25) is 0 Å². The Labute approximate surface area is 190 Å². The molecule has 1 aromatic carbocycles. The van der Waals surface area contributed by atoms with Crippen LogP contribution in [0, 0.1) is 5.82 Å². The summed E-state index contributed by atoms with van der Waals surface area (Å²) >= 11 is 0. The number of hydrogen-bond acceptors (Lipinski definition) is 3. The molecule has 0 spiro atoms. The van der Waals surface area contributed by atoms with Gasteiger partial charge in [-0.3, -0.25) is 9.59 Å². The van der Waals surface area contributed by atoms with E-state index in [-0.39, 0.29) is 48.6 Å². The first-order valence-corrected chi connectivity index (χ1v) is 10.7. The van der Waals surface area contributed by atoms with Gasteiger partial charge in [-0.25, -0.2) is 8.78 Å². The molecule has 1 unspecified atom stereocenters. The summed E-state index contributed by atoms with van der Waals surface area (Å²) in [5.41, 5.74) is -1.31. The van der Waals surface area contributed by atoms with Gasteiger partial charge in [-0.15, -0.1) is 0 Å². The largest absolute Gasteiger partial charge is 0.419 e. The van der Waals surface area contributed by atoms with Gasteiger partial charge in [0.15, 0.2) is 0 Å². The summed E-state index contributed by atoms with van der Waals surface area (Å²) in [6.07, 6.45) is -2.77. The number of carbonyl (C=O) groups is 1. The van der Waals surface area contributed by atoms with E-state index < -0.39 is 35.2 Å². The molecule has 0 bridgehead atoms. The SMILES string of the molecule is O=C(Cn1ccc2c(c(-c3ccc(F)c(C(F)(F)F)c3)cn2C2COC2)c1=O)N1CCC(F)C1. The molecular weight excluding hydrogens is 461 g/mol. The van der Waals surface area contributed by atoms with Crippen LogP contribution in [0.4, 0.5) is 22.0 Å². The third-order valence-electron chi connectivity index (χ3n) is 6.34. The Morgan fingerprint density at radius 3 is 2.56 bits per heavy atom. The zero-order valence-electron chi connectivity index (χ0n) is 17.8. The molecule has 3 aromatic rings. The van der Waals surface area contributed by atoms with E-state index in [1.165, 1.54) is 17.2 Å². The van der Waals surface area contributed by atoms with Gasteiger partial charge in [-0.2, -0.15) is 13.2 Å². The van der Waals surface area contributed by atoms with Gasteiger partial charge in [0.1, 0.15) is 18.5 Å². The smallest absolute Gasteiger partial charge is 0.377 e. The Hall–Kier alpha value is -3.21.